The first-order valence-corrected chi connectivity index (χ1v) is 7.05. The van der Waals surface area contributed by atoms with Gasteiger partial charge in [-0.05, 0) is 48.7 Å². The number of hydrogen-bond donors (Lipinski definition) is 1. The van der Waals surface area contributed by atoms with Crippen LogP contribution in [-0.4, -0.2) is 0 Å². The van der Waals surface area contributed by atoms with E-state index < -0.39 is 0 Å². The van der Waals surface area contributed by atoms with Crippen molar-refractivity contribution in [1.82, 2.24) is 0 Å². The predicted octanol–water partition coefficient (Wildman–Crippen LogP) is 5.88. The Morgan fingerprint density at radius 2 is 1.53 bits per heavy atom. The Kier molecular flexibility index (Phi) is 4.62. The van der Waals surface area contributed by atoms with Crippen molar-refractivity contribution in [3.05, 3.63) is 62.1 Å². The van der Waals surface area contributed by atoms with Crippen LogP contribution in [-0.2, 0) is 6.54 Å². The van der Waals surface area contributed by atoms with Crippen LogP contribution in [0.2, 0.25) is 15.1 Å². The first-order chi connectivity index (χ1) is 8.97. The van der Waals surface area contributed by atoms with E-state index in [1.165, 1.54) is 0 Å². The zero-order valence-corrected chi connectivity index (χ0v) is 13.0. The Morgan fingerprint density at radius 3 is 2.21 bits per heavy atom. The minimum Gasteiger partial charge on any atom is -0.380 e. The third-order valence-electron chi connectivity index (χ3n) is 2.97. The lowest BCUT2D eigenvalue weighted by molar-refractivity contribution is 1.14. The molecule has 0 heterocycles. The summed E-state index contributed by atoms with van der Waals surface area (Å²) in [5.74, 6) is 0. The molecule has 1 N–H and O–H groups in total. The molecule has 0 radical (unpaired) electrons. The topological polar surface area (TPSA) is 12.0 Å². The highest BCUT2D eigenvalue weighted by Gasteiger charge is 2.05. The minimum absolute atomic E-state index is 0.652. The molecule has 0 atom stereocenters. The number of rotatable bonds is 3. The molecule has 0 aliphatic rings. The third kappa shape index (κ3) is 3.56. The van der Waals surface area contributed by atoms with E-state index in [4.69, 9.17) is 34.8 Å². The Bertz CT molecular complexity index is 609. The largest absolute Gasteiger partial charge is 0.380 e. The molecule has 2 rings (SSSR count). The molecule has 0 spiro atoms. The quantitative estimate of drug-likeness (QED) is 0.746. The Balaban J connectivity index is 2.14. The lowest BCUT2D eigenvalue weighted by Crippen LogP contribution is -2.00. The Morgan fingerprint density at radius 1 is 0.842 bits per heavy atom. The fourth-order valence-electron chi connectivity index (χ4n) is 1.73. The second-order valence-electron chi connectivity index (χ2n) is 4.52. The highest BCUT2D eigenvalue weighted by atomic mass is 35.5. The van der Waals surface area contributed by atoms with Crippen LogP contribution in [0.25, 0.3) is 0 Å². The zero-order valence-electron chi connectivity index (χ0n) is 10.7. The van der Waals surface area contributed by atoms with Crippen LogP contribution >= 0.6 is 34.8 Å². The van der Waals surface area contributed by atoms with E-state index in [0.29, 0.717) is 16.6 Å². The number of anilines is 1. The molecular formula is C15H14Cl3N. The maximum atomic E-state index is 6.18. The molecule has 0 unspecified atom stereocenters. The summed E-state index contributed by atoms with van der Waals surface area (Å²) in [6.45, 7) is 4.56. The third-order valence-corrected chi connectivity index (χ3v) is 4.09. The Hall–Kier alpha value is -0.890. The lowest BCUT2D eigenvalue weighted by Gasteiger charge is -2.11. The number of benzene rings is 2. The molecule has 4 heteroatoms. The molecule has 1 nitrogen and oxygen atoms in total. The summed E-state index contributed by atoms with van der Waals surface area (Å²) >= 11 is 18.4. The lowest BCUT2D eigenvalue weighted by atomic mass is 10.1. The summed E-state index contributed by atoms with van der Waals surface area (Å²) in [4.78, 5) is 0. The van der Waals surface area contributed by atoms with Crippen LogP contribution in [0, 0.1) is 13.8 Å². The van der Waals surface area contributed by atoms with E-state index in [-0.39, 0.29) is 0 Å². The van der Waals surface area contributed by atoms with Gasteiger partial charge in [0, 0.05) is 16.6 Å². The van der Waals surface area contributed by atoms with Crippen molar-refractivity contribution >= 4 is 40.5 Å². The molecule has 2 aromatic rings. The van der Waals surface area contributed by atoms with Gasteiger partial charge < -0.3 is 5.32 Å². The molecule has 0 saturated heterocycles. The van der Waals surface area contributed by atoms with E-state index in [2.05, 4.69) is 5.32 Å². The molecule has 0 bridgehead atoms. The van der Waals surface area contributed by atoms with Gasteiger partial charge in [0.25, 0.3) is 0 Å². The average molecular weight is 315 g/mol. The summed E-state index contributed by atoms with van der Waals surface area (Å²) < 4.78 is 0. The standard InChI is InChI=1S/C15H14Cl3N/c1-9-3-4-11(6-12(9)16)8-19-15-7-13(17)10(2)5-14(15)18/h3-7,19H,8H2,1-2H3. The minimum atomic E-state index is 0.652. The fraction of sp³-hybridized carbons (Fsp3) is 0.200. The maximum absolute atomic E-state index is 6.18. The summed E-state index contributed by atoms with van der Waals surface area (Å²) in [7, 11) is 0. The van der Waals surface area contributed by atoms with Crippen LogP contribution < -0.4 is 5.32 Å². The predicted molar refractivity (Wildman–Crippen MR) is 84.7 cm³/mol. The number of halogens is 3. The zero-order chi connectivity index (χ0) is 14.0. The second kappa shape index (κ2) is 6.04. The van der Waals surface area contributed by atoms with Gasteiger partial charge in [0.1, 0.15) is 0 Å². The van der Waals surface area contributed by atoms with Crippen LogP contribution in [0.3, 0.4) is 0 Å². The Labute approximate surface area is 128 Å². The van der Waals surface area contributed by atoms with Gasteiger partial charge >= 0.3 is 0 Å². The van der Waals surface area contributed by atoms with Crippen molar-refractivity contribution in [2.45, 2.75) is 20.4 Å². The molecule has 0 saturated carbocycles. The summed E-state index contributed by atoms with van der Waals surface area (Å²) in [6.07, 6.45) is 0. The molecule has 0 aliphatic carbocycles. The van der Waals surface area contributed by atoms with Crippen molar-refractivity contribution in [3.63, 3.8) is 0 Å². The number of nitrogens with one attached hydrogen (secondary N) is 1. The van der Waals surface area contributed by atoms with Gasteiger partial charge in [0.15, 0.2) is 0 Å². The first kappa shape index (κ1) is 14.5. The van der Waals surface area contributed by atoms with E-state index in [1.54, 1.807) is 0 Å². The van der Waals surface area contributed by atoms with Crippen LogP contribution in [0.5, 0.6) is 0 Å². The van der Waals surface area contributed by atoms with Crippen LogP contribution in [0.1, 0.15) is 16.7 Å². The monoisotopic (exact) mass is 313 g/mol. The van der Waals surface area contributed by atoms with Gasteiger partial charge in [-0.25, -0.2) is 0 Å². The first-order valence-electron chi connectivity index (χ1n) is 5.92. The summed E-state index contributed by atoms with van der Waals surface area (Å²) in [5.41, 5.74) is 3.97. The van der Waals surface area contributed by atoms with Crippen molar-refractivity contribution in [3.8, 4) is 0 Å². The molecule has 19 heavy (non-hydrogen) atoms. The van der Waals surface area contributed by atoms with Gasteiger partial charge in [-0.1, -0.05) is 46.9 Å². The molecule has 0 fully saturated rings. The highest BCUT2D eigenvalue weighted by Crippen LogP contribution is 2.29. The normalized spacial score (nSPS) is 10.6. The smallest absolute Gasteiger partial charge is 0.0641 e. The fourth-order valence-corrected chi connectivity index (χ4v) is 2.38. The van der Waals surface area contributed by atoms with Gasteiger partial charge in [-0.3, -0.25) is 0 Å². The van der Waals surface area contributed by atoms with E-state index in [1.807, 2.05) is 44.2 Å². The highest BCUT2D eigenvalue weighted by molar-refractivity contribution is 6.35. The maximum Gasteiger partial charge on any atom is 0.0641 e. The molecule has 0 aromatic heterocycles. The van der Waals surface area contributed by atoms with Gasteiger partial charge in [-0.2, -0.15) is 0 Å². The number of hydrogen-bond acceptors (Lipinski definition) is 1. The number of aryl methyl sites for hydroxylation is 2. The molecule has 0 amide bonds. The van der Waals surface area contributed by atoms with Gasteiger partial charge in [-0.15, -0.1) is 0 Å². The van der Waals surface area contributed by atoms with E-state index in [0.717, 1.165) is 27.4 Å². The van der Waals surface area contributed by atoms with Crippen LogP contribution in [0.15, 0.2) is 30.3 Å². The van der Waals surface area contributed by atoms with E-state index in [9.17, 15) is 0 Å². The van der Waals surface area contributed by atoms with Gasteiger partial charge in [0.2, 0.25) is 0 Å². The van der Waals surface area contributed by atoms with Crippen molar-refractivity contribution < 1.29 is 0 Å². The van der Waals surface area contributed by atoms with Crippen LogP contribution in [0.4, 0.5) is 5.69 Å². The van der Waals surface area contributed by atoms with Crippen molar-refractivity contribution in [2.75, 3.05) is 5.32 Å². The molecule has 100 valence electrons. The summed E-state index contributed by atoms with van der Waals surface area (Å²) in [5, 5.41) is 5.41. The molecule has 0 aliphatic heterocycles. The van der Waals surface area contributed by atoms with Gasteiger partial charge in [0.05, 0.1) is 10.7 Å². The summed E-state index contributed by atoms with van der Waals surface area (Å²) in [6, 6.07) is 9.69. The molecule has 2 aromatic carbocycles. The van der Waals surface area contributed by atoms with E-state index >= 15 is 0 Å². The molecular weight excluding hydrogens is 301 g/mol. The second-order valence-corrected chi connectivity index (χ2v) is 5.74. The SMILES string of the molecule is Cc1ccc(CNc2cc(Cl)c(C)cc2Cl)cc1Cl. The van der Waals surface area contributed by atoms with Crippen molar-refractivity contribution in [1.29, 1.82) is 0 Å². The van der Waals surface area contributed by atoms with Crippen molar-refractivity contribution in [2.24, 2.45) is 0 Å². The average Bonchev–Trinajstić information content (AvgIpc) is 2.36.